The van der Waals surface area contributed by atoms with Gasteiger partial charge in [-0.1, -0.05) is 6.07 Å². The summed E-state index contributed by atoms with van der Waals surface area (Å²) in [5.41, 5.74) is 2.33. The number of imidazole rings is 1. The van der Waals surface area contributed by atoms with Gasteiger partial charge >= 0.3 is 0 Å². The second-order valence-corrected chi connectivity index (χ2v) is 4.60. The number of anilines is 2. The predicted octanol–water partition coefficient (Wildman–Crippen LogP) is 2.55. The van der Waals surface area contributed by atoms with Crippen molar-refractivity contribution < 1.29 is 0 Å². The average Bonchev–Trinajstić information content (AvgIpc) is 3.00. The molecule has 0 fully saturated rings. The van der Waals surface area contributed by atoms with Crippen LogP contribution < -0.4 is 5.32 Å². The molecule has 0 aromatic carbocycles. The lowest BCUT2D eigenvalue weighted by molar-refractivity contribution is 1.17. The van der Waals surface area contributed by atoms with Crippen molar-refractivity contribution in [1.82, 2.24) is 29.9 Å². The second kappa shape index (κ2) is 5.21. The highest BCUT2D eigenvalue weighted by molar-refractivity contribution is 5.80. The van der Waals surface area contributed by atoms with Gasteiger partial charge in [0, 0.05) is 24.7 Å². The summed E-state index contributed by atoms with van der Waals surface area (Å²) in [6, 6.07) is 7.51. The van der Waals surface area contributed by atoms with Crippen molar-refractivity contribution in [1.29, 1.82) is 0 Å². The zero-order chi connectivity index (χ0) is 14.8. The van der Waals surface area contributed by atoms with Gasteiger partial charge in [-0.25, -0.2) is 19.9 Å². The topological polar surface area (TPSA) is 92.3 Å². The van der Waals surface area contributed by atoms with Crippen LogP contribution >= 0.6 is 0 Å². The van der Waals surface area contributed by atoms with Gasteiger partial charge in [-0.2, -0.15) is 0 Å². The summed E-state index contributed by atoms with van der Waals surface area (Å²) in [5, 5.41) is 3.14. The largest absolute Gasteiger partial charge is 0.335 e. The molecule has 0 amide bonds. The third-order valence-corrected chi connectivity index (χ3v) is 3.09. The van der Waals surface area contributed by atoms with Gasteiger partial charge in [-0.05, 0) is 12.1 Å². The Morgan fingerprint density at radius 2 is 1.91 bits per heavy atom. The van der Waals surface area contributed by atoms with Gasteiger partial charge in [0.25, 0.3) is 0 Å². The van der Waals surface area contributed by atoms with Crippen molar-refractivity contribution in [2.75, 3.05) is 5.32 Å². The summed E-state index contributed by atoms with van der Waals surface area (Å²) in [4.78, 5) is 24.5. The smallest absolute Gasteiger partial charge is 0.158 e. The van der Waals surface area contributed by atoms with Crippen LogP contribution in [0.2, 0.25) is 0 Å². The summed E-state index contributed by atoms with van der Waals surface area (Å²) >= 11 is 0. The van der Waals surface area contributed by atoms with Crippen molar-refractivity contribution in [2.45, 2.75) is 0 Å². The molecule has 0 aliphatic heterocycles. The normalized spacial score (nSPS) is 10.7. The molecule has 0 radical (unpaired) electrons. The van der Waals surface area contributed by atoms with Gasteiger partial charge in [0.1, 0.15) is 17.3 Å². The minimum atomic E-state index is 0.667. The second-order valence-electron chi connectivity index (χ2n) is 4.60. The summed E-state index contributed by atoms with van der Waals surface area (Å²) in [6.07, 6.45) is 8.38. The molecule has 7 nitrogen and oxygen atoms in total. The van der Waals surface area contributed by atoms with E-state index in [-0.39, 0.29) is 0 Å². The standard InChI is InChI=1S/C15H11N7/c1-2-4-18-13(3-1)22-14-7-10-11(9-19-14)21-15(20-10)12-8-16-5-6-17-12/h1-9H,(H,20,21)(H,18,19,22). The number of pyridine rings is 2. The van der Waals surface area contributed by atoms with E-state index in [4.69, 9.17) is 0 Å². The molecule has 0 unspecified atom stereocenters. The van der Waals surface area contributed by atoms with E-state index in [9.17, 15) is 0 Å². The van der Waals surface area contributed by atoms with E-state index in [0.29, 0.717) is 17.3 Å². The van der Waals surface area contributed by atoms with Crippen LogP contribution in [0.3, 0.4) is 0 Å². The third kappa shape index (κ3) is 2.35. The molecule has 106 valence electrons. The Bertz CT molecular complexity index is 903. The van der Waals surface area contributed by atoms with E-state index < -0.39 is 0 Å². The Labute approximate surface area is 125 Å². The maximum Gasteiger partial charge on any atom is 0.158 e. The molecule has 0 aliphatic rings. The van der Waals surface area contributed by atoms with Crippen LogP contribution in [0.25, 0.3) is 22.6 Å². The van der Waals surface area contributed by atoms with Crippen LogP contribution in [-0.2, 0) is 0 Å². The first-order valence-corrected chi connectivity index (χ1v) is 6.69. The van der Waals surface area contributed by atoms with Crippen molar-refractivity contribution in [3.63, 3.8) is 0 Å². The monoisotopic (exact) mass is 289 g/mol. The number of hydrogen-bond donors (Lipinski definition) is 2. The molecule has 0 saturated heterocycles. The van der Waals surface area contributed by atoms with Crippen LogP contribution in [0.4, 0.5) is 11.6 Å². The fourth-order valence-corrected chi connectivity index (χ4v) is 2.09. The molecule has 4 heterocycles. The zero-order valence-electron chi connectivity index (χ0n) is 11.4. The predicted molar refractivity (Wildman–Crippen MR) is 82.4 cm³/mol. The maximum atomic E-state index is 4.53. The van der Waals surface area contributed by atoms with Crippen LogP contribution in [-0.4, -0.2) is 29.9 Å². The Kier molecular flexibility index (Phi) is 2.93. The SMILES string of the molecule is c1ccc(Nc2cc3nc(-c4cnccn4)[nH]c3cn2)nc1. The highest BCUT2D eigenvalue weighted by atomic mass is 15.1. The molecule has 4 aromatic rings. The van der Waals surface area contributed by atoms with Gasteiger partial charge in [0.15, 0.2) is 5.82 Å². The lowest BCUT2D eigenvalue weighted by Gasteiger charge is -2.03. The van der Waals surface area contributed by atoms with Gasteiger partial charge in [-0.15, -0.1) is 0 Å². The molecule has 0 saturated carbocycles. The lowest BCUT2D eigenvalue weighted by atomic mass is 10.4. The number of aromatic amines is 1. The van der Waals surface area contributed by atoms with Crippen molar-refractivity contribution in [2.24, 2.45) is 0 Å². The first kappa shape index (κ1) is 12.4. The molecule has 7 heteroatoms. The molecule has 0 spiro atoms. The fourth-order valence-electron chi connectivity index (χ4n) is 2.09. The van der Waals surface area contributed by atoms with E-state index in [1.165, 1.54) is 0 Å². The number of nitrogens with zero attached hydrogens (tertiary/aromatic N) is 5. The first-order valence-electron chi connectivity index (χ1n) is 6.69. The number of nitrogens with one attached hydrogen (secondary N) is 2. The van der Waals surface area contributed by atoms with E-state index in [0.717, 1.165) is 16.9 Å². The van der Waals surface area contributed by atoms with Gasteiger partial charge in [0.05, 0.1) is 23.4 Å². The number of rotatable bonds is 3. The molecule has 4 aromatic heterocycles. The Balaban J connectivity index is 1.69. The summed E-state index contributed by atoms with van der Waals surface area (Å²) in [7, 11) is 0. The van der Waals surface area contributed by atoms with E-state index in [2.05, 4.69) is 35.2 Å². The van der Waals surface area contributed by atoms with Crippen LogP contribution in [0.15, 0.2) is 55.2 Å². The number of fused-ring (bicyclic) bond motifs is 1. The third-order valence-electron chi connectivity index (χ3n) is 3.09. The molecule has 0 atom stereocenters. The highest BCUT2D eigenvalue weighted by Crippen LogP contribution is 2.20. The van der Waals surface area contributed by atoms with Crippen molar-refractivity contribution in [3.8, 4) is 11.5 Å². The van der Waals surface area contributed by atoms with Gasteiger partial charge in [-0.3, -0.25) is 4.98 Å². The summed E-state index contributed by atoms with van der Waals surface area (Å²) < 4.78 is 0. The first-order chi connectivity index (χ1) is 10.9. The van der Waals surface area contributed by atoms with Crippen LogP contribution in [0.5, 0.6) is 0 Å². The Morgan fingerprint density at radius 1 is 0.909 bits per heavy atom. The molecule has 22 heavy (non-hydrogen) atoms. The summed E-state index contributed by atoms with van der Waals surface area (Å²) in [6.45, 7) is 0. The minimum Gasteiger partial charge on any atom is -0.335 e. The van der Waals surface area contributed by atoms with Crippen LogP contribution in [0.1, 0.15) is 0 Å². The zero-order valence-corrected chi connectivity index (χ0v) is 11.4. The Hall–Kier alpha value is -3.35. The lowest BCUT2D eigenvalue weighted by Crippen LogP contribution is -1.94. The molecule has 4 rings (SSSR count). The highest BCUT2D eigenvalue weighted by Gasteiger charge is 2.08. The number of H-pyrrole nitrogens is 1. The maximum absolute atomic E-state index is 4.53. The quantitative estimate of drug-likeness (QED) is 0.602. The van der Waals surface area contributed by atoms with E-state index in [1.807, 2.05) is 24.3 Å². The molecular formula is C15H11N7. The van der Waals surface area contributed by atoms with Gasteiger partial charge in [0.2, 0.25) is 0 Å². The van der Waals surface area contributed by atoms with Crippen molar-refractivity contribution in [3.05, 3.63) is 55.2 Å². The molecule has 2 N–H and O–H groups in total. The number of hydrogen-bond acceptors (Lipinski definition) is 6. The van der Waals surface area contributed by atoms with Crippen molar-refractivity contribution >= 4 is 22.7 Å². The molecule has 0 aliphatic carbocycles. The fraction of sp³-hybridized carbons (Fsp3) is 0. The molecule has 0 bridgehead atoms. The van der Waals surface area contributed by atoms with Crippen LogP contribution in [0, 0.1) is 0 Å². The average molecular weight is 289 g/mol. The van der Waals surface area contributed by atoms with E-state index in [1.54, 1.807) is 31.0 Å². The minimum absolute atomic E-state index is 0.667. The number of aromatic nitrogens is 6. The summed E-state index contributed by atoms with van der Waals surface area (Å²) in [5.74, 6) is 2.09. The molecular weight excluding hydrogens is 278 g/mol. The van der Waals surface area contributed by atoms with Gasteiger partial charge < -0.3 is 10.3 Å². The van der Waals surface area contributed by atoms with E-state index >= 15 is 0 Å². The Morgan fingerprint density at radius 3 is 2.73 bits per heavy atom.